The van der Waals surface area contributed by atoms with E-state index in [0.29, 0.717) is 5.92 Å². The number of nitrogens with one attached hydrogen (secondary N) is 1. The van der Waals surface area contributed by atoms with E-state index < -0.39 is 6.03 Å². The van der Waals surface area contributed by atoms with E-state index in [2.05, 4.69) is 19.2 Å². The maximum Gasteiger partial charge on any atom is 0.316 e. The van der Waals surface area contributed by atoms with Crippen LogP contribution in [0.25, 0.3) is 0 Å². The molecule has 2 amide bonds. The predicted molar refractivity (Wildman–Crippen MR) is 67.2 cm³/mol. The van der Waals surface area contributed by atoms with Crippen molar-refractivity contribution in [1.82, 2.24) is 0 Å². The van der Waals surface area contributed by atoms with Crippen molar-refractivity contribution < 1.29 is 6.22 Å². The van der Waals surface area contributed by atoms with Crippen molar-refractivity contribution in [3.05, 3.63) is 29.8 Å². The molecule has 0 unspecified atom stereocenters. The molecule has 3 nitrogen and oxygen atoms in total. The Morgan fingerprint density at radius 2 is 2.00 bits per heavy atom. The van der Waals surface area contributed by atoms with Gasteiger partial charge in [0, 0.05) is 7.11 Å². The highest BCUT2D eigenvalue weighted by Crippen LogP contribution is 2.18. The second-order valence-electron chi connectivity index (χ2n) is 3.27. The van der Waals surface area contributed by atoms with E-state index in [-0.39, 0.29) is 1.43 Å². The van der Waals surface area contributed by atoms with Crippen LogP contribution < -0.4 is 11.1 Å². The molecule has 0 aliphatic carbocycles. The standard InChI is InChI=1S/C10H14N2O.C2H6.H2/c1-7(2)8-4-3-5-9(6-8)12-10(11)13;1-2;/h3-7H,1-2H3,(H3,11,12,13);1-2H3;1H. The van der Waals surface area contributed by atoms with Gasteiger partial charge in [0.2, 0.25) is 0 Å². The summed E-state index contributed by atoms with van der Waals surface area (Å²) in [5.41, 5.74) is 6.94. The molecule has 0 saturated heterocycles. The van der Waals surface area contributed by atoms with Gasteiger partial charge in [-0.25, -0.2) is 4.79 Å². The summed E-state index contributed by atoms with van der Waals surface area (Å²) in [6.07, 6.45) is 0. The van der Waals surface area contributed by atoms with Crippen molar-refractivity contribution in [3.63, 3.8) is 0 Å². The topological polar surface area (TPSA) is 55.1 Å². The van der Waals surface area contributed by atoms with Crippen LogP contribution in [0, 0.1) is 0 Å². The highest BCUT2D eigenvalue weighted by atomic mass is 16.2. The van der Waals surface area contributed by atoms with Gasteiger partial charge in [0.25, 0.3) is 0 Å². The van der Waals surface area contributed by atoms with E-state index in [1.807, 2.05) is 38.1 Å². The fourth-order valence-corrected chi connectivity index (χ4v) is 1.12. The first-order chi connectivity index (χ1) is 7.09. The molecular formula is C12H22N2O. The quantitative estimate of drug-likeness (QED) is 0.770. The van der Waals surface area contributed by atoms with Gasteiger partial charge in [-0.15, -0.1) is 0 Å². The van der Waals surface area contributed by atoms with Gasteiger partial charge >= 0.3 is 6.03 Å². The molecule has 3 N–H and O–H groups in total. The minimum absolute atomic E-state index is 0. The Hall–Kier alpha value is -1.51. The van der Waals surface area contributed by atoms with Gasteiger partial charge < -0.3 is 11.1 Å². The Morgan fingerprint density at radius 3 is 2.47 bits per heavy atom. The first kappa shape index (κ1) is 13.5. The number of primary amides is 1. The lowest BCUT2D eigenvalue weighted by Crippen LogP contribution is -2.19. The number of urea groups is 1. The summed E-state index contributed by atoms with van der Waals surface area (Å²) < 4.78 is 0. The first-order valence-corrected chi connectivity index (χ1v) is 5.26. The Morgan fingerprint density at radius 1 is 1.40 bits per heavy atom. The molecule has 0 fully saturated rings. The zero-order valence-electron chi connectivity index (χ0n) is 9.87. The molecule has 0 spiro atoms. The number of carbonyl (C=O) groups is 1. The summed E-state index contributed by atoms with van der Waals surface area (Å²) in [6.45, 7) is 8.20. The van der Waals surface area contributed by atoms with Crippen molar-refractivity contribution in [2.45, 2.75) is 33.6 Å². The van der Waals surface area contributed by atoms with Gasteiger partial charge in [0.05, 0.1) is 0 Å². The van der Waals surface area contributed by atoms with Gasteiger partial charge in [-0.2, -0.15) is 0 Å². The van der Waals surface area contributed by atoms with Crippen LogP contribution in [0.4, 0.5) is 10.5 Å². The second-order valence-corrected chi connectivity index (χ2v) is 3.27. The van der Waals surface area contributed by atoms with Crippen LogP contribution in [-0.4, -0.2) is 6.03 Å². The van der Waals surface area contributed by atoms with Crippen molar-refractivity contribution in [3.8, 4) is 0 Å². The fourth-order valence-electron chi connectivity index (χ4n) is 1.12. The van der Waals surface area contributed by atoms with Gasteiger partial charge in [-0.3, -0.25) is 0 Å². The van der Waals surface area contributed by atoms with E-state index in [4.69, 9.17) is 5.73 Å². The third-order valence-corrected chi connectivity index (χ3v) is 1.82. The minimum Gasteiger partial charge on any atom is -0.351 e. The van der Waals surface area contributed by atoms with Crippen LogP contribution in [0.5, 0.6) is 0 Å². The van der Waals surface area contributed by atoms with E-state index >= 15 is 0 Å². The molecule has 86 valence electrons. The number of carbonyl (C=O) groups excluding carboxylic acids is 1. The number of hydrogen-bond acceptors (Lipinski definition) is 1. The van der Waals surface area contributed by atoms with Crippen molar-refractivity contribution in [2.75, 3.05) is 5.32 Å². The summed E-state index contributed by atoms with van der Waals surface area (Å²) in [4.78, 5) is 10.6. The number of amides is 2. The van der Waals surface area contributed by atoms with E-state index in [9.17, 15) is 4.79 Å². The average molecular weight is 210 g/mol. The molecular weight excluding hydrogens is 188 g/mol. The Labute approximate surface area is 93.2 Å². The van der Waals surface area contributed by atoms with Gasteiger partial charge in [0.15, 0.2) is 0 Å². The number of benzene rings is 1. The zero-order valence-corrected chi connectivity index (χ0v) is 9.87. The molecule has 15 heavy (non-hydrogen) atoms. The fraction of sp³-hybridized carbons (Fsp3) is 0.417. The molecule has 0 atom stereocenters. The van der Waals surface area contributed by atoms with Crippen molar-refractivity contribution in [2.24, 2.45) is 5.73 Å². The largest absolute Gasteiger partial charge is 0.351 e. The summed E-state index contributed by atoms with van der Waals surface area (Å²) in [5.74, 6) is 0.453. The molecule has 0 aliphatic heterocycles. The predicted octanol–water partition coefficient (Wildman–Crippen LogP) is 3.57. The van der Waals surface area contributed by atoms with Crippen molar-refractivity contribution >= 4 is 11.7 Å². The normalized spacial score (nSPS) is 9.13. The monoisotopic (exact) mass is 210 g/mol. The second kappa shape index (κ2) is 6.87. The van der Waals surface area contributed by atoms with Crippen LogP contribution in [0.2, 0.25) is 0 Å². The molecule has 0 aliphatic rings. The Balaban J connectivity index is 0. The average Bonchev–Trinajstić information content (AvgIpc) is 2.20. The molecule has 1 aromatic rings. The Bertz CT molecular complexity index is 314. The van der Waals surface area contributed by atoms with E-state index in [1.165, 1.54) is 5.56 Å². The number of hydrogen-bond donors (Lipinski definition) is 2. The highest BCUT2D eigenvalue weighted by molar-refractivity contribution is 5.87. The van der Waals surface area contributed by atoms with Gasteiger partial charge in [-0.1, -0.05) is 39.8 Å². The molecule has 1 aromatic carbocycles. The molecule has 3 heteroatoms. The lowest BCUT2D eigenvalue weighted by molar-refractivity contribution is 0.259. The summed E-state index contributed by atoms with van der Waals surface area (Å²) >= 11 is 0. The first-order valence-electron chi connectivity index (χ1n) is 5.26. The third-order valence-electron chi connectivity index (χ3n) is 1.82. The Kier molecular flexibility index (Phi) is 6.18. The number of rotatable bonds is 2. The molecule has 0 saturated carbocycles. The summed E-state index contributed by atoms with van der Waals surface area (Å²) in [7, 11) is 0. The van der Waals surface area contributed by atoms with Crippen molar-refractivity contribution in [1.29, 1.82) is 0 Å². The smallest absolute Gasteiger partial charge is 0.316 e. The summed E-state index contributed by atoms with van der Waals surface area (Å²) in [6, 6.07) is 7.14. The van der Waals surface area contributed by atoms with E-state index in [0.717, 1.165) is 5.69 Å². The lowest BCUT2D eigenvalue weighted by Gasteiger charge is -2.07. The van der Waals surface area contributed by atoms with Crippen LogP contribution >= 0.6 is 0 Å². The third kappa shape index (κ3) is 5.05. The molecule has 0 bridgehead atoms. The minimum atomic E-state index is -0.527. The van der Waals surface area contributed by atoms with Crippen LogP contribution in [-0.2, 0) is 0 Å². The molecule has 0 radical (unpaired) electrons. The van der Waals surface area contributed by atoms with Crippen LogP contribution in [0.1, 0.15) is 40.6 Å². The maximum atomic E-state index is 10.6. The van der Waals surface area contributed by atoms with Gasteiger partial charge in [-0.05, 0) is 23.6 Å². The maximum absolute atomic E-state index is 10.6. The lowest BCUT2D eigenvalue weighted by atomic mass is 10.0. The van der Waals surface area contributed by atoms with E-state index in [1.54, 1.807) is 0 Å². The number of anilines is 1. The molecule has 0 aromatic heterocycles. The van der Waals surface area contributed by atoms with Crippen LogP contribution in [0.15, 0.2) is 24.3 Å². The van der Waals surface area contributed by atoms with Gasteiger partial charge in [0.1, 0.15) is 0 Å². The SMILES string of the molecule is CC.CC(C)c1cccc(NC(N)=O)c1.[HH]. The molecule has 0 heterocycles. The zero-order chi connectivity index (χ0) is 11.8. The molecule has 1 rings (SSSR count). The summed E-state index contributed by atoms with van der Waals surface area (Å²) in [5, 5.41) is 2.54. The van der Waals surface area contributed by atoms with Crippen LogP contribution in [0.3, 0.4) is 0 Å². The number of nitrogens with two attached hydrogens (primary N) is 1. The highest BCUT2D eigenvalue weighted by Gasteiger charge is 2.00.